The molecule has 3 N–H and O–H groups in total. The Morgan fingerprint density at radius 2 is 1.86 bits per heavy atom. The van der Waals surface area contributed by atoms with Crippen LogP contribution >= 0.6 is 0 Å². The van der Waals surface area contributed by atoms with Gasteiger partial charge in [0.2, 0.25) is 5.65 Å². The van der Waals surface area contributed by atoms with E-state index in [1.54, 1.807) is 0 Å². The summed E-state index contributed by atoms with van der Waals surface area (Å²) in [6.45, 7) is 4.90. The summed E-state index contributed by atoms with van der Waals surface area (Å²) < 4.78 is 1.85. The van der Waals surface area contributed by atoms with E-state index in [1.807, 2.05) is 28.8 Å². The standard InChI is InChI=1S/C21H28N6O/c1-14(2)20-24-25-21-18(22-13-15-6-4-3-5-7-15)12-19(26-27(20)21)23-16-8-10-17(28)11-9-16/h3-7,12,14,16-17,22,28H,8-11,13H2,1-2H3,(H,23,26). The first-order valence-corrected chi connectivity index (χ1v) is 10.1. The Morgan fingerprint density at radius 1 is 1.11 bits per heavy atom. The lowest BCUT2D eigenvalue weighted by atomic mass is 9.93. The van der Waals surface area contributed by atoms with E-state index in [-0.39, 0.29) is 12.0 Å². The number of fused-ring (bicyclic) bond motifs is 1. The van der Waals surface area contributed by atoms with E-state index in [1.165, 1.54) is 5.56 Å². The highest BCUT2D eigenvalue weighted by molar-refractivity contribution is 5.70. The number of hydrogen-bond donors (Lipinski definition) is 3. The molecule has 0 unspecified atom stereocenters. The van der Waals surface area contributed by atoms with Crippen LogP contribution in [0.15, 0.2) is 36.4 Å². The number of nitrogens with zero attached hydrogens (tertiary/aromatic N) is 4. The summed E-state index contributed by atoms with van der Waals surface area (Å²) in [7, 11) is 0. The first kappa shape index (κ1) is 18.7. The molecule has 3 aromatic rings. The van der Waals surface area contributed by atoms with Crippen molar-refractivity contribution in [3.63, 3.8) is 0 Å². The van der Waals surface area contributed by atoms with Gasteiger partial charge in [0.25, 0.3) is 0 Å². The summed E-state index contributed by atoms with van der Waals surface area (Å²) in [5, 5.41) is 30.3. The fourth-order valence-electron chi connectivity index (χ4n) is 3.68. The molecule has 0 amide bonds. The number of rotatable bonds is 6. The summed E-state index contributed by atoms with van der Waals surface area (Å²) >= 11 is 0. The number of aliphatic hydroxyl groups excluding tert-OH is 1. The zero-order valence-electron chi connectivity index (χ0n) is 16.5. The topological polar surface area (TPSA) is 87.4 Å². The van der Waals surface area contributed by atoms with Gasteiger partial charge >= 0.3 is 0 Å². The van der Waals surface area contributed by atoms with Crippen molar-refractivity contribution in [3.05, 3.63) is 47.8 Å². The van der Waals surface area contributed by atoms with Crippen molar-refractivity contribution in [1.29, 1.82) is 0 Å². The van der Waals surface area contributed by atoms with Gasteiger partial charge in [-0.2, -0.15) is 4.52 Å². The highest BCUT2D eigenvalue weighted by atomic mass is 16.3. The Hall–Kier alpha value is -2.67. The second-order valence-electron chi connectivity index (χ2n) is 7.88. The molecule has 0 bridgehead atoms. The smallest absolute Gasteiger partial charge is 0.201 e. The van der Waals surface area contributed by atoms with Gasteiger partial charge in [0.1, 0.15) is 5.82 Å². The van der Waals surface area contributed by atoms with Crippen molar-refractivity contribution < 1.29 is 5.11 Å². The van der Waals surface area contributed by atoms with Crippen LogP contribution in [0.25, 0.3) is 5.65 Å². The van der Waals surface area contributed by atoms with E-state index in [0.717, 1.165) is 48.7 Å². The summed E-state index contributed by atoms with van der Waals surface area (Å²) in [6, 6.07) is 12.6. The van der Waals surface area contributed by atoms with Gasteiger partial charge in [0.05, 0.1) is 11.8 Å². The van der Waals surface area contributed by atoms with Gasteiger partial charge in [-0.1, -0.05) is 44.2 Å². The fourth-order valence-corrected chi connectivity index (χ4v) is 3.68. The van der Waals surface area contributed by atoms with Crippen LogP contribution in [0.1, 0.15) is 56.8 Å². The first-order valence-electron chi connectivity index (χ1n) is 10.1. The molecule has 0 spiro atoms. The minimum atomic E-state index is -0.165. The predicted octanol–water partition coefficient (Wildman–Crippen LogP) is 3.58. The zero-order chi connectivity index (χ0) is 19.5. The summed E-state index contributed by atoms with van der Waals surface area (Å²) in [5.74, 6) is 1.89. The molecule has 28 heavy (non-hydrogen) atoms. The van der Waals surface area contributed by atoms with Crippen molar-refractivity contribution in [1.82, 2.24) is 19.8 Å². The lowest BCUT2D eigenvalue weighted by molar-refractivity contribution is 0.126. The SMILES string of the molecule is CC(C)c1nnc2c(NCc3ccccc3)cc(NC3CCC(O)CC3)nn12. The van der Waals surface area contributed by atoms with E-state index in [0.29, 0.717) is 12.6 Å². The Bertz CT molecular complexity index is 915. The molecule has 7 heteroatoms. The third kappa shape index (κ3) is 4.09. The number of hydrogen-bond acceptors (Lipinski definition) is 6. The number of benzene rings is 1. The van der Waals surface area contributed by atoms with E-state index < -0.39 is 0 Å². The molecule has 2 aromatic heterocycles. The van der Waals surface area contributed by atoms with Crippen LogP contribution in [-0.2, 0) is 6.54 Å². The van der Waals surface area contributed by atoms with Gasteiger partial charge in [-0.15, -0.1) is 15.3 Å². The van der Waals surface area contributed by atoms with Crippen LogP contribution in [0, 0.1) is 0 Å². The fraction of sp³-hybridized carbons (Fsp3) is 0.476. The van der Waals surface area contributed by atoms with Gasteiger partial charge in [0.15, 0.2) is 5.82 Å². The molecule has 1 fully saturated rings. The molecule has 4 rings (SSSR count). The Kier molecular flexibility index (Phi) is 5.43. The Labute approximate surface area is 165 Å². The van der Waals surface area contributed by atoms with Gasteiger partial charge in [0, 0.05) is 24.6 Å². The Balaban J connectivity index is 1.62. The molecule has 1 saturated carbocycles. The molecular weight excluding hydrogens is 352 g/mol. The maximum atomic E-state index is 9.75. The highest BCUT2D eigenvalue weighted by Gasteiger charge is 2.21. The second kappa shape index (κ2) is 8.14. The van der Waals surface area contributed by atoms with Crippen molar-refractivity contribution in [2.24, 2.45) is 0 Å². The minimum absolute atomic E-state index is 0.165. The van der Waals surface area contributed by atoms with Crippen LogP contribution in [0.3, 0.4) is 0 Å². The number of aliphatic hydroxyl groups is 1. The molecule has 0 atom stereocenters. The molecule has 0 radical (unpaired) electrons. The second-order valence-corrected chi connectivity index (χ2v) is 7.88. The van der Waals surface area contributed by atoms with Crippen LogP contribution in [-0.4, -0.2) is 37.1 Å². The average molecular weight is 380 g/mol. The molecule has 1 aromatic carbocycles. The zero-order valence-corrected chi connectivity index (χ0v) is 16.5. The normalized spacial score (nSPS) is 19.9. The summed E-state index contributed by atoms with van der Waals surface area (Å²) in [4.78, 5) is 0. The summed E-state index contributed by atoms with van der Waals surface area (Å²) in [6.07, 6.45) is 3.41. The average Bonchev–Trinajstić information content (AvgIpc) is 3.13. The molecular formula is C21H28N6O. The highest BCUT2D eigenvalue weighted by Crippen LogP contribution is 2.26. The van der Waals surface area contributed by atoms with Gasteiger partial charge in [-0.3, -0.25) is 0 Å². The monoisotopic (exact) mass is 380 g/mol. The van der Waals surface area contributed by atoms with Crippen LogP contribution in [0.2, 0.25) is 0 Å². The van der Waals surface area contributed by atoms with E-state index in [2.05, 4.69) is 46.8 Å². The van der Waals surface area contributed by atoms with Crippen LogP contribution < -0.4 is 10.6 Å². The molecule has 0 saturated heterocycles. The summed E-state index contributed by atoms with van der Waals surface area (Å²) in [5.41, 5.74) is 2.86. The maximum Gasteiger partial charge on any atom is 0.201 e. The van der Waals surface area contributed by atoms with Crippen molar-refractivity contribution in [2.75, 3.05) is 10.6 Å². The van der Waals surface area contributed by atoms with Crippen molar-refractivity contribution >= 4 is 17.2 Å². The molecule has 148 valence electrons. The molecule has 1 aliphatic rings. The minimum Gasteiger partial charge on any atom is -0.393 e. The lowest BCUT2D eigenvalue weighted by Gasteiger charge is -2.26. The van der Waals surface area contributed by atoms with Crippen LogP contribution in [0.5, 0.6) is 0 Å². The molecule has 7 nitrogen and oxygen atoms in total. The van der Waals surface area contributed by atoms with E-state index in [4.69, 9.17) is 5.10 Å². The number of anilines is 2. The lowest BCUT2D eigenvalue weighted by Crippen LogP contribution is -2.28. The van der Waals surface area contributed by atoms with Crippen molar-refractivity contribution in [2.45, 2.75) is 64.1 Å². The molecule has 2 heterocycles. The Morgan fingerprint density at radius 3 is 2.57 bits per heavy atom. The third-order valence-corrected chi connectivity index (χ3v) is 5.29. The third-order valence-electron chi connectivity index (χ3n) is 5.29. The van der Waals surface area contributed by atoms with Gasteiger partial charge in [-0.05, 0) is 31.2 Å². The predicted molar refractivity (Wildman–Crippen MR) is 111 cm³/mol. The van der Waals surface area contributed by atoms with E-state index in [9.17, 15) is 5.11 Å². The van der Waals surface area contributed by atoms with E-state index >= 15 is 0 Å². The van der Waals surface area contributed by atoms with Crippen molar-refractivity contribution in [3.8, 4) is 0 Å². The molecule has 0 aliphatic heterocycles. The quantitative estimate of drug-likeness (QED) is 0.606. The molecule has 1 aliphatic carbocycles. The number of aromatic nitrogens is 4. The van der Waals surface area contributed by atoms with Gasteiger partial charge < -0.3 is 15.7 Å². The first-order chi connectivity index (χ1) is 13.6. The van der Waals surface area contributed by atoms with Crippen LogP contribution in [0.4, 0.5) is 11.5 Å². The largest absolute Gasteiger partial charge is 0.393 e. The maximum absolute atomic E-state index is 9.75. The van der Waals surface area contributed by atoms with Gasteiger partial charge in [-0.25, -0.2) is 0 Å². The number of nitrogens with one attached hydrogen (secondary N) is 2.